The summed E-state index contributed by atoms with van der Waals surface area (Å²) < 4.78 is 10.6. The zero-order chi connectivity index (χ0) is 13.7. The van der Waals surface area contributed by atoms with Crippen LogP contribution in [0.15, 0.2) is 6.07 Å². The highest BCUT2D eigenvalue weighted by Crippen LogP contribution is 2.43. The van der Waals surface area contributed by atoms with Crippen molar-refractivity contribution in [2.24, 2.45) is 5.73 Å². The fraction of sp³-hybridized carbons (Fsp3) is 0.462. The van der Waals surface area contributed by atoms with Crippen molar-refractivity contribution >= 4 is 17.9 Å². The van der Waals surface area contributed by atoms with Gasteiger partial charge in [-0.05, 0) is 24.9 Å². The Balaban J connectivity index is 3.45. The van der Waals surface area contributed by atoms with E-state index in [9.17, 15) is 4.79 Å². The molecule has 0 radical (unpaired) electrons. The van der Waals surface area contributed by atoms with Crippen LogP contribution in [-0.4, -0.2) is 27.1 Å². The lowest BCUT2D eigenvalue weighted by Crippen LogP contribution is -2.08. The van der Waals surface area contributed by atoms with E-state index in [0.29, 0.717) is 34.9 Å². The molecule has 0 aliphatic rings. The van der Waals surface area contributed by atoms with Crippen LogP contribution in [0, 0.1) is 0 Å². The van der Waals surface area contributed by atoms with Gasteiger partial charge in [-0.3, -0.25) is 4.79 Å². The Bertz CT molecular complexity index is 435. The molecular formula is C13H18ClNO3. The van der Waals surface area contributed by atoms with E-state index in [-0.39, 0.29) is 5.92 Å². The molecular weight excluding hydrogens is 254 g/mol. The van der Waals surface area contributed by atoms with Gasteiger partial charge in [0.1, 0.15) is 0 Å². The molecule has 4 nitrogen and oxygen atoms in total. The Hall–Kier alpha value is -1.26. The van der Waals surface area contributed by atoms with Crippen LogP contribution in [0.1, 0.15) is 35.2 Å². The van der Waals surface area contributed by atoms with Gasteiger partial charge >= 0.3 is 0 Å². The van der Waals surface area contributed by atoms with E-state index >= 15 is 0 Å². The van der Waals surface area contributed by atoms with Gasteiger partial charge in [0.05, 0.1) is 19.8 Å². The first-order chi connectivity index (χ1) is 8.60. The minimum atomic E-state index is 0.132. The molecule has 1 aromatic rings. The molecule has 2 N–H and O–H groups in total. The molecule has 1 atom stereocenters. The maximum Gasteiger partial charge on any atom is 0.171 e. The minimum absolute atomic E-state index is 0.132. The van der Waals surface area contributed by atoms with Crippen LogP contribution >= 0.6 is 11.6 Å². The number of methoxy groups -OCH3 is 2. The third-order valence-corrected chi connectivity index (χ3v) is 3.19. The number of ether oxygens (including phenoxy) is 2. The Labute approximate surface area is 112 Å². The fourth-order valence-electron chi connectivity index (χ4n) is 2.00. The number of nitrogens with two attached hydrogens (primary N) is 1. The molecule has 0 aromatic heterocycles. The van der Waals surface area contributed by atoms with E-state index in [2.05, 4.69) is 0 Å². The van der Waals surface area contributed by atoms with Crippen molar-refractivity contribution in [1.82, 2.24) is 0 Å². The molecule has 1 unspecified atom stereocenters. The lowest BCUT2D eigenvalue weighted by atomic mass is 9.95. The third-order valence-electron chi connectivity index (χ3n) is 2.88. The average Bonchev–Trinajstić information content (AvgIpc) is 2.37. The number of hydrogen-bond donors (Lipinski definition) is 1. The SMILES string of the molecule is COc1c(C=O)cc(Cl)c(C(C)CCN)c1OC. The van der Waals surface area contributed by atoms with Crippen LogP contribution in [0.4, 0.5) is 0 Å². The maximum atomic E-state index is 11.0. The van der Waals surface area contributed by atoms with Crippen molar-refractivity contribution in [3.8, 4) is 11.5 Å². The van der Waals surface area contributed by atoms with Gasteiger partial charge in [0, 0.05) is 10.6 Å². The van der Waals surface area contributed by atoms with Crippen molar-refractivity contribution in [2.75, 3.05) is 20.8 Å². The summed E-state index contributed by atoms with van der Waals surface area (Å²) in [6, 6.07) is 1.60. The first kappa shape index (κ1) is 14.8. The largest absolute Gasteiger partial charge is 0.492 e. The molecule has 1 rings (SSSR count). The normalized spacial score (nSPS) is 12.1. The van der Waals surface area contributed by atoms with Crippen LogP contribution in [0.3, 0.4) is 0 Å². The van der Waals surface area contributed by atoms with Crippen LogP contribution in [-0.2, 0) is 0 Å². The van der Waals surface area contributed by atoms with Gasteiger partial charge in [-0.2, -0.15) is 0 Å². The van der Waals surface area contributed by atoms with Crippen molar-refractivity contribution in [3.63, 3.8) is 0 Å². The Morgan fingerprint density at radius 1 is 1.39 bits per heavy atom. The van der Waals surface area contributed by atoms with Gasteiger partial charge in [-0.25, -0.2) is 0 Å². The first-order valence-corrected chi connectivity index (χ1v) is 6.08. The molecule has 0 saturated heterocycles. The van der Waals surface area contributed by atoms with E-state index in [1.807, 2.05) is 6.92 Å². The highest BCUT2D eigenvalue weighted by Gasteiger charge is 2.22. The number of halogens is 1. The molecule has 18 heavy (non-hydrogen) atoms. The highest BCUT2D eigenvalue weighted by molar-refractivity contribution is 6.32. The molecule has 0 bridgehead atoms. The third kappa shape index (κ3) is 2.76. The predicted octanol–water partition coefficient (Wildman–Crippen LogP) is 2.62. The lowest BCUT2D eigenvalue weighted by Gasteiger charge is -2.20. The number of rotatable bonds is 6. The molecule has 5 heteroatoms. The molecule has 0 saturated carbocycles. The minimum Gasteiger partial charge on any atom is -0.492 e. The first-order valence-electron chi connectivity index (χ1n) is 5.70. The second-order valence-corrected chi connectivity index (χ2v) is 4.43. The van der Waals surface area contributed by atoms with E-state index < -0.39 is 0 Å². The van der Waals surface area contributed by atoms with Gasteiger partial charge in [-0.1, -0.05) is 18.5 Å². The quantitative estimate of drug-likeness (QED) is 0.808. The van der Waals surface area contributed by atoms with E-state index in [1.54, 1.807) is 6.07 Å². The highest BCUT2D eigenvalue weighted by atomic mass is 35.5. The fourth-order valence-corrected chi connectivity index (χ4v) is 2.39. The standard InChI is InChI=1S/C13H18ClNO3/c1-8(4-5-15)11-10(14)6-9(7-16)12(17-2)13(11)18-3/h6-8H,4-5,15H2,1-3H3. The summed E-state index contributed by atoms with van der Waals surface area (Å²) in [4.78, 5) is 11.0. The zero-order valence-electron chi connectivity index (χ0n) is 10.8. The van der Waals surface area contributed by atoms with Gasteiger partial charge in [0.25, 0.3) is 0 Å². The predicted molar refractivity (Wildman–Crippen MR) is 72.0 cm³/mol. The second kappa shape index (κ2) is 6.61. The van der Waals surface area contributed by atoms with Gasteiger partial charge in [0.15, 0.2) is 17.8 Å². The molecule has 0 aliphatic carbocycles. The summed E-state index contributed by atoms with van der Waals surface area (Å²) in [5.41, 5.74) is 6.77. The van der Waals surface area contributed by atoms with Crippen LogP contribution in [0.5, 0.6) is 11.5 Å². The van der Waals surface area contributed by atoms with E-state index in [1.165, 1.54) is 14.2 Å². The molecule has 100 valence electrons. The van der Waals surface area contributed by atoms with E-state index in [0.717, 1.165) is 12.0 Å². The zero-order valence-corrected chi connectivity index (χ0v) is 11.6. The Kier molecular flexibility index (Phi) is 5.44. The molecule has 0 spiro atoms. The summed E-state index contributed by atoms with van der Waals surface area (Å²) >= 11 is 6.22. The average molecular weight is 272 g/mol. The maximum absolute atomic E-state index is 11.0. The number of aldehydes is 1. The smallest absolute Gasteiger partial charge is 0.171 e. The lowest BCUT2D eigenvalue weighted by molar-refractivity contribution is 0.112. The Morgan fingerprint density at radius 3 is 2.44 bits per heavy atom. The topological polar surface area (TPSA) is 61.5 Å². The van der Waals surface area contributed by atoms with Crippen molar-refractivity contribution in [1.29, 1.82) is 0 Å². The van der Waals surface area contributed by atoms with Crippen molar-refractivity contribution in [3.05, 3.63) is 22.2 Å². The van der Waals surface area contributed by atoms with Crippen LogP contribution in [0.2, 0.25) is 5.02 Å². The van der Waals surface area contributed by atoms with E-state index in [4.69, 9.17) is 26.8 Å². The van der Waals surface area contributed by atoms with Crippen molar-refractivity contribution in [2.45, 2.75) is 19.3 Å². The summed E-state index contributed by atoms with van der Waals surface area (Å²) in [6.45, 7) is 2.56. The van der Waals surface area contributed by atoms with Crippen molar-refractivity contribution < 1.29 is 14.3 Å². The summed E-state index contributed by atoms with van der Waals surface area (Å²) in [5.74, 6) is 1.05. The monoisotopic (exact) mass is 271 g/mol. The molecule has 0 heterocycles. The summed E-state index contributed by atoms with van der Waals surface area (Å²) in [6.07, 6.45) is 1.48. The van der Waals surface area contributed by atoms with Crippen LogP contribution < -0.4 is 15.2 Å². The second-order valence-electron chi connectivity index (χ2n) is 4.02. The van der Waals surface area contributed by atoms with Crippen LogP contribution in [0.25, 0.3) is 0 Å². The number of carbonyl (C=O) groups is 1. The number of benzene rings is 1. The summed E-state index contributed by atoms with van der Waals surface area (Å²) in [7, 11) is 3.03. The van der Waals surface area contributed by atoms with Gasteiger partial charge in [0.2, 0.25) is 0 Å². The molecule has 0 amide bonds. The van der Waals surface area contributed by atoms with Gasteiger partial charge in [-0.15, -0.1) is 0 Å². The molecule has 0 aliphatic heterocycles. The van der Waals surface area contributed by atoms with Gasteiger partial charge < -0.3 is 15.2 Å². The Morgan fingerprint density at radius 2 is 2.00 bits per heavy atom. The molecule has 0 fully saturated rings. The number of carbonyl (C=O) groups excluding carboxylic acids is 1. The molecule has 1 aromatic carbocycles. The summed E-state index contributed by atoms with van der Waals surface area (Å²) in [5, 5.41) is 0.496. The number of hydrogen-bond acceptors (Lipinski definition) is 4.